The third kappa shape index (κ3) is 6.08. The van der Waals surface area contributed by atoms with Crippen LogP contribution >= 0.6 is 22.9 Å². The average molecular weight is 489 g/mol. The number of amides is 1. The number of guanidine groups is 1. The average Bonchev–Trinajstić information content (AvgIpc) is 3.14. The molecule has 0 radical (unpaired) electrons. The summed E-state index contributed by atoms with van der Waals surface area (Å²) in [6.07, 6.45) is 2.23. The molecule has 1 saturated heterocycles. The Hall–Kier alpha value is -2.44. The summed E-state index contributed by atoms with van der Waals surface area (Å²) in [6, 6.07) is 3.47. The molecule has 1 unspecified atom stereocenters. The van der Waals surface area contributed by atoms with Crippen LogP contribution in [0.4, 0.5) is 4.79 Å². The van der Waals surface area contributed by atoms with E-state index >= 15 is 0 Å². The van der Waals surface area contributed by atoms with Gasteiger partial charge in [0.2, 0.25) is 6.29 Å². The van der Waals surface area contributed by atoms with Crippen molar-refractivity contribution in [2.75, 3.05) is 13.5 Å². The molecule has 2 aliphatic rings. The molecule has 0 spiro atoms. The second kappa shape index (κ2) is 10.5. The van der Waals surface area contributed by atoms with Crippen molar-refractivity contribution in [3.05, 3.63) is 31.5 Å². The lowest BCUT2D eigenvalue weighted by Crippen LogP contribution is -2.54. The van der Waals surface area contributed by atoms with Gasteiger partial charge in [0.05, 0.1) is 16.3 Å². The highest BCUT2D eigenvalue weighted by molar-refractivity contribution is 7.16. The van der Waals surface area contributed by atoms with E-state index in [1.54, 1.807) is 12.1 Å². The largest absolute Gasteiger partial charge is 0.425 e. The van der Waals surface area contributed by atoms with E-state index < -0.39 is 28.8 Å². The monoisotopic (exact) mass is 488 g/mol. The van der Waals surface area contributed by atoms with Crippen LogP contribution in [0.5, 0.6) is 0 Å². The molecule has 0 aromatic carbocycles. The van der Waals surface area contributed by atoms with E-state index in [0.717, 1.165) is 29.0 Å². The lowest BCUT2D eigenvalue weighted by molar-refractivity contribution is -0.486. The van der Waals surface area contributed by atoms with Crippen LogP contribution < -0.4 is 0 Å². The van der Waals surface area contributed by atoms with Gasteiger partial charge in [-0.25, -0.2) is 19.8 Å². The van der Waals surface area contributed by atoms with Gasteiger partial charge >= 0.3 is 12.1 Å². The van der Waals surface area contributed by atoms with Crippen molar-refractivity contribution < 1.29 is 28.8 Å². The molecule has 1 aromatic rings. The molecule has 1 aliphatic heterocycles. The Labute approximate surface area is 194 Å². The van der Waals surface area contributed by atoms with E-state index in [2.05, 4.69) is 5.10 Å². The number of hydrogen-bond acceptors (Lipinski definition) is 8. The second-order valence-corrected chi connectivity index (χ2v) is 9.71. The van der Waals surface area contributed by atoms with Gasteiger partial charge in [-0.15, -0.1) is 11.3 Å². The number of carbonyl (C=O) groups is 2. The Kier molecular flexibility index (Phi) is 7.91. The van der Waals surface area contributed by atoms with Crippen molar-refractivity contribution >= 4 is 41.0 Å². The number of thiophene rings is 1. The second-order valence-electron chi connectivity index (χ2n) is 7.91. The first-order chi connectivity index (χ1) is 15.2. The number of nitro groups is 1. The number of halogens is 1. The fourth-order valence-electron chi connectivity index (χ4n) is 3.65. The van der Waals surface area contributed by atoms with Gasteiger partial charge in [0.25, 0.3) is 5.96 Å². The van der Waals surface area contributed by atoms with Crippen LogP contribution in [0.25, 0.3) is 0 Å². The predicted molar refractivity (Wildman–Crippen MR) is 115 cm³/mol. The van der Waals surface area contributed by atoms with Crippen LogP contribution in [0.3, 0.4) is 0 Å². The van der Waals surface area contributed by atoms with Crippen LogP contribution in [-0.2, 0) is 25.5 Å². The Morgan fingerprint density at radius 2 is 2.03 bits per heavy atom. The van der Waals surface area contributed by atoms with E-state index in [9.17, 15) is 19.7 Å². The molecule has 0 N–H and O–H groups in total. The quantitative estimate of drug-likeness (QED) is 0.255. The van der Waals surface area contributed by atoms with Crippen LogP contribution in [0, 0.1) is 15.5 Å². The Morgan fingerprint density at radius 1 is 1.31 bits per heavy atom. The smallest absolute Gasteiger partial charge is 0.421 e. The van der Waals surface area contributed by atoms with E-state index in [1.807, 2.05) is 6.92 Å². The SMILES string of the molecule is CC(OC(=O)N1COCN(Cc2ccc(Cl)s2)/C1=N\[N+](=O)[O-])OC(=O)C1(C)CCCCC1. The maximum atomic E-state index is 12.7. The van der Waals surface area contributed by atoms with E-state index in [-0.39, 0.29) is 26.0 Å². The molecule has 176 valence electrons. The van der Waals surface area contributed by atoms with E-state index in [4.69, 9.17) is 25.8 Å². The summed E-state index contributed by atoms with van der Waals surface area (Å²) in [5.74, 6) is -0.670. The number of carbonyl (C=O) groups excluding carboxylic acids is 2. The Morgan fingerprint density at radius 3 is 2.66 bits per heavy atom. The normalized spacial score (nSPS) is 20.7. The molecule has 2 fully saturated rings. The highest BCUT2D eigenvalue weighted by Gasteiger charge is 2.39. The zero-order valence-corrected chi connectivity index (χ0v) is 19.4. The van der Waals surface area contributed by atoms with Gasteiger partial charge in [0.1, 0.15) is 18.6 Å². The summed E-state index contributed by atoms with van der Waals surface area (Å²) in [4.78, 5) is 39.5. The molecule has 3 rings (SSSR count). The molecular weight excluding hydrogens is 464 g/mol. The fourth-order valence-corrected chi connectivity index (χ4v) is 4.76. The number of ether oxygens (including phenoxy) is 3. The molecular formula is C19H25ClN4O7S. The van der Waals surface area contributed by atoms with Crippen molar-refractivity contribution in [3.8, 4) is 0 Å². The Bertz CT molecular complexity index is 887. The van der Waals surface area contributed by atoms with Crippen LogP contribution in [-0.4, -0.2) is 52.6 Å². The first-order valence-electron chi connectivity index (χ1n) is 10.2. The van der Waals surface area contributed by atoms with Gasteiger partial charge in [-0.1, -0.05) is 30.9 Å². The molecule has 11 nitrogen and oxygen atoms in total. The van der Waals surface area contributed by atoms with Crippen molar-refractivity contribution in [1.29, 1.82) is 0 Å². The summed E-state index contributed by atoms with van der Waals surface area (Å²) in [7, 11) is 0. The summed E-state index contributed by atoms with van der Waals surface area (Å²) < 4.78 is 16.5. The standard InChI is InChI=1S/C19H25ClN4O7S/c1-13(30-16(25)19(2)8-4-3-5-9-19)31-18(26)23-12-29-11-22(17(23)21-24(27)28)10-14-6-7-15(20)32-14/h6-7,13H,3-5,8-12H2,1-2H3/b21-17+. The topological polar surface area (TPSA) is 124 Å². The molecule has 1 aliphatic carbocycles. The third-order valence-corrected chi connectivity index (χ3v) is 6.56. The van der Waals surface area contributed by atoms with Crippen molar-refractivity contribution in [1.82, 2.24) is 9.80 Å². The van der Waals surface area contributed by atoms with Crippen LogP contribution in [0.15, 0.2) is 17.2 Å². The Balaban J connectivity index is 1.66. The van der Waals surface area contributed by atoms with Crippen molar-refractivity contribution in [3.63, 3.8) is 0 Å². The summed E-state index contributed by atoms with van der Waals surface area (Å²) >= 11 is 7.24. The first-order valence-corrected chi connectivity index (χ1v) is 11.4. The molecule has 2 heterocycles. The summed E-state index contributed by atoms with van der Waals surface area (Å²) in [6.45, 7) is 3.14. The number of rotatable bonds is 6. The van der Waals surface area contributed by atoms with E-state index in [0.29, 0.717) is 17.2 Å². The van der Waals surface area contributed by atoms with Crippen molar-refractivity contribution in [2.45, 2.75) is 58.8 Å². The maximum absolute atomic E-state index is 12.7. The van der Waals surface area contributed by atoms with Gasteiger partial charge in [0.15, 0.2) is 5.03 Å². The van der Waals surface area contributed by atoms with Gasteiger partial charge in [0, 0.05) is 11.8 Å². The summed E-state index contributed by atoms with van der Waals surface area (Å²) in [5, 5.41) is 13.5. The zero-order valence-electron chi connectivity index (χ0n) is 17.8. The molecule has 1 atom stereocenters. The highest BCUT2D eigenvalue weighted by atomic mass is 35.5. The van der Waals surface area contributed by atoms with Gasteiger partial charge in [-0.3, -0.25) is 4.79 Å². The molecule has 13 heteroatoms. The maximum Gasteiger partial charge on any atom is 0.421 e. The third-order valence-electron chi connectivity index (χ3n) is 5.35. The number of esters is 1. The van der Waals surface area contributed by atoms with Gasteiger partial charge < -0.3 is 19.1 Å². The van der Waals surface area contributed by atoms with Gasteiger partial charge in [-0.05, 0) is 31.9 Å². The number of hydrogen-bond donors (Lipinski definition) is 0. The lowest BCUT2D eigenvalue weighted by Gasteiger charge is -2.35. The molecule has 1 amide bonds. The highest BCUT2D eigenvalue weighted by Crippen LogP contribution is 2.37. The van der Waals surface area contributed by atoms with Crippen LogP contribution in [0.1, 0.15) is 50.8 Å². The number of hydrazone groups is 1. The minimum absolute atomic E-state index is 0.0190. The molecule has 1 saturated carbocycles. The fraction of sp³-hybridized carbons (Fsp3) is 0.632. The van der Waals surface area contributed by atoms with Crippen molar-refractivity contribution in [2.24, 2.45) is 10.5 Å². The van der Waals surface area contributed by atoms with E-state index in [1.165, 1.54) is 23.2 Å². The van der Waals surface area contributed by atoms with Gasteiger partial charge in [-0.2, -0.15) is 0 Å². The predicted octanol–water partition coefficient (Wildman–Crippen LogP) is 3.99. The zero-order chi connectivity index (χ0) is 23.3. The minimum Gasteiger partial charge on any atom is -0.425 e. The molecule has 1 aromatic heterocycles. The minimum atomic E-state index is -1.18. The molecule has 0 bridgehead atoms. The van der Waals surface area contributed by atoms with Crippen LogP contribution in [0.2, 0.25) is 4.34 Å². The molecule has 32 heavy (non-hydrogen) atoms. The summed E-state index contributed by atoms with van der Waals surface area (Å²) in [5.41, 5.74) is -0.607. The number of nitrogens with zero attached hydrogens (tertiary/aromatic N) is 4. The first kappa shape index (κ1) is 24.2. The lowest BCUT2D eigenvalue weighted by atomic mass is 9.76.